The molecule has 0 aliphatic carbocycles. The third-order valence-corrected chi connectivity index (χ3v) is 5.45. The Morgan fingerprint density at radius 3 is 2.88 bits per heavy atom. The number of pyridine rings is 1. The van der Waals surface area contributed by atoms with Crippen LogP contribution < -0.4 is 0 Å². The molecule has 1 nitrogen and oxygen atoms in total. The molecule has 1 aromatic carbocycles. The SMILES string of the molecule is Cc1nc2ccccc2c2c1CC(C(Cl)Cl)S2. The lowest BCUT2D eigenvalue weighted by molar-refractivity contribution is 0.912. The molecule has 0 amide bonds. The minimum absolute atomic E-state index is 0.250. The van der Waals surface area contributed by atoms with E-state index in [0.717, 1.165) is 17.6 Å². The molecule has 1 unspecified atom stereocenters. The Labute approximate surface area is 115 Å². The van der Waals surface area contributed by atoms with Gasteiger partial charge in [0.25, 0.3) is 0 Å². The number of aryl methyl sites for hydroxylation is 1. The predicted octanol–water partition coefficient (Wildman–Crippen LogP) is 4.36. The van der Waals surface area contributed by atoms with Crippen LogP contribution >= 0.6 is 35.0 Å². The zero-order chi connectivity index (χ0) is 12.0. The van der Waals surface area contributed by atoms with Gasteiger partial charge in [-0.1, -0.05) is 18.2 Å². The van der Waals surface area contributed by atoms with Gasteiger partial charge in [0, 0.05) is 21.2 Å². The predicted molar refractivity (Wildman–Crippen MR) is 75.3 cm³/mol. The van der Waals surface area contributed by atoms with Gasteiger partial charge in [0.15, 0.2) is 0 Å². The molecule has 2 heterocycles. The quantitative estimate of drug-likeness (QED) is 0.721. The zero-order valence-electron chi connectivity index (χ0n) is 9.28. The second kappa shape index (κ2) is 4.34. The highest BCUT2D eigenvalue weighted by Crippen LogP contribution is 2.45. The molecule has 1 aliphatic heterocycles. The number of thioether (sulfide) groups is 1. The summed E-state index contributed by atoms with van der Waals surface area (Å²) in [5.74, 6) is 0. The first-order valence-electron chi connectivity index (χ1n) is 5.50. The van der Waals surface area contributed by atoms with Crippen molar-refractivity contribution >= 4 is 45.9 Å². The first kappa shape index (κ1) is 11.6. The van der Waals surface area contributed by atoms with E-state index in [1.165, 1.54) is 15.8 Å². The van der Waals surface area contributed by atoms with E-state index in [-0.39, 0.29) is 10.1 Å². The number of aromatic nitrogens is 1. The summed E-state index contributed by atoms with van der Waals surface area (Å²) >= 11 is 13.8. The summed E-state index contributed by atoms with van der Waals surface area (Å²) in [6.07, 6.45) is 0.918. The molecule has 0 saturated heterocycles. The van der Waals surface area contributed by atoms with Crippen molar-refractivity contribution in [1.29, 1.82) is 0 Å². The zero-order valence-corrected chi connectivity index (χ0v) is 11.6. The lowest BCUT2D eigenvalue weighted by atomic mass is 10.1. The Bertz CT molecular complexity index is 583. The summed E-state index contributed by atoms with van der Waals surface area (Å²) in [6, 6.07) is 8.24. The molecule has 0 spiro atoms. The lowest BCUT2D eigenvalue weighted by Crippen LogP contribution is -2.10. The highest BCUT2D eigenvalue weighted by Gasteiger charge is 2.30. The summed E-state index contributed by atoms with van der Waals surface area (Å²) in [5, 5.41) is 1.47. The van der Waals surface area contributed by atoms with Gasteiger partial charge in [0.2, 0.25) is 0 Å². The fourth-order valence-electron chi connectivity index (χ4n) is 2.25. The topological polar surface area (TPSA) is 12.9 Å². The molecule has 0 fully saturated rings. The fourth-order valence-corrected chi connectivity index (χ4v) is 4.06. The Morgan fingerprint density at radius 2 is 2.12 bits per heavy atom. The van der Waals surface area contributed by atoms with Gasteiger partial charge in [-0.05, 0) is 25.0 Å². The van der Waals surface area contributed by atoms with Crippen LogP contribution in [0.25, 0.3) is 10.9 Å². The van der Waals surface area contributed by atoms with E-state index in [1.54, 1.807) is 11.8 Å². The maximum atomic E-state index is 6.00. The number of benzene rings is 1. The number of fused-ring (bicyclic) bond motifs is 3. The molecular weight excluding hydrogens is 273 g/mol. The van der Waals surface area contributed by atoms with E-state index < -0.39 is 0 Å². The highest BCUT2D eigenvalue weighted by atomic mass is 35.5. The van der Waals surface area contributed by atoms with Gasteiger partial charge >= 0.3 is 0 Å². The van der Waals surface area contributed by atoms with Crippen LogP contribution in [-0.2, 0) is 6.42 Å². The van der Waals surface area contributed by atoms with Crippen molar-refractivity contribution in [3.8, 4) is 0 Å². The second-order valence-electron chi connectivity index (χ2n) is 4.22. The third-order valence-electron chi connectivity index (χ3n) is 3.10. The molecule has 0 N–H and O–H groups in total. The molecule has 17 heavy (non-hydrogen) atoms. The molecule has 88 valence electrons. The van der Waals surface area contributed by atoms with E-state index in [4.69, 9.17) is 23.2 Å². The van der Waals surface area contributed by atoms with Gasteiger partial charge in [-0.3, -0.25) is 4.98 Å². The van der Waals surface area contributed by atoms with Crippen molar-refractivity contribution < 1.29 is 0 Å². The largest absolute Gasteiger partial charge is 0.253 e. The van der Waals surface area contributed by atoms with Crippen LogP contribution in [0.2, 0.25) is 0 Å². The fraction of sp³-hybridized carbons (Fsp3) is 0.308. The van der Waals surface area contributed by atoms with Crippen LogP contribution in [0.4, 0.5) is 0 Å². The minimum atomic E-state index is -0.328. The Kier molecular flexibility index (Phi) is 2.97. The number of hydrogen-bond donors (Lipinski definition) is 0. The van der Waals surface area contributed by atoms with Crippen LogP contribution in [0.15, 0.2) is 29.2 Å². The van der Waals surface area contributed by atoms with E-state index in [9.17, 15) is 0 Å². The number of nitrogens with zero attached hydrogens (tertiary/aromatic N) is 1. The molecule has 1 aromatic heterocycles. The van der Waals surface area contributed by atoms with Crippen LogP contribution in [0.1, 0.15) is 11.3 Å². The Hall–Kier alpha value is -0.440. The van der Waals surface area contributed by atoms with Crippen LogP contribution in [0.5, 0.6) is 0 Å². The van der Waals surface area contributed by atoms with E-state index >= 15 is 0 Å². The first-order valence-corrected chi connectivity index (χ1v) is 7.25. The van der Waals surface area contributed by atoms with Crippen molar-refractivity contribution in [1.82, 2.24) is 4.98 Å². The van der Waals surface area contributed by atoms with E-state index in [1.807, 2.05) is 12.1 Å². The number of hydrogen-bond acceptors (Lipinski definition) is 2. The smallest absolute Gasteiger partial charge is 0.120 e. The lowest BCUT2D eigenvalue weighted by Gasteiger charge is -2.07. The second-order valence-corrected chi connectivity index (χ2v) is 6.63. The molecule has 0 radical (unpaired) electrons. The third kappa shape index (κ3) is 1.92. The molecule has 0 bridgehead atoms. The van der Waals surface area contributed by atoms with Crippen LogP contribution in [-0.4, -0.2) is 15.1 Å². The van der Waals surface area contributed by atoms with Crippen molar-refractivity contribution in [2.45, 2.75) is 28.3 Å². The van der Waals surface area contributed by atoms with Crippen molar-refractivity contribution in [2.75, 3.05) is 0 Å². The summed E-state index contributed by atoms with van der Waals surface area (Å²) in [5.41, 5.74) is 3.46. The Morgan fingerprint density at radius 1 is 1.35 bits per heavy atom. The van der Waals surface area contributed by atoms with Gasteiger partial charge < -0.3 is 0 Å². The molecular formula is C13H11Cl2NS. The van der Waals surface area contributed by atoms with E-state index in [0.29, 0.717) is 0 Å². The molecule has 1 aliphatic rings. The summed E-state index contributed by atoms with van der Waals surface area (Å²) in [7, 11) is 0. The maximum absolute atomic E-state index is 6.00. The van der Waals surface area contributed by atoms with Crippen LogP contribution in [0, 0.1) is 6.92 Å². The maximum Gasteiger partial charge on any atom is 0.120 e. The number of para-hydroxylation sites is 1. The Balaban J connectivity index is 2.20. The van der Waals surface area contributed by atoms with Crippen molar-refractivity contribution in [2.24, 2.45) is 0 Å². The number of alkyl halides is 2. The standard InChI is InChI=1S/C13H11Cl2NS/c1-7-9-6-11(13(14)15)17-12(9)8-4-2-3-5-10(8)16-7/h2-5,11,13H,6H2,1H3. The summed E-state index contributed by atoms with van der Waals surface area (Å²) in [4.78, 5) is 5.62. The highest BCUT2D eigenvalue weighted by molar-refractivity contribution is 8.00. The normalized spacial score (nSPS) is 18.9. The number of rotatable bonds is 1. The van der Waals surface area contributed by atoms with Crippen LogP contribution in [0.3, 0.4) is 0 Å². The van der Waals surface area contributed by atoms with Gasteiger partial charge in [-0.15, -0.1) is 35.0 Å². The monoisotopic (exact) mass is 283 g/mol. The minimum Gasteiger partial charge on any atom is -0.253 e. The van der Waals surface area contributed by atoms with Gasteiger partial charge in [-0.2, -0.15) is 0 Å². The molecule has 2 aromatic rings. The van der Waals surface area contributed by atoms with Gasteiger partial charge in [0.1, 0.15) is 4.84 Å². The average molecular weight is 284 g/mol. The van der Waals surface area contributed by atoms with Crippen molar-refractivity contribution in [3.05, 3.63) is 35.5 Å². The molecule has 0 saturated carbocycles. The number of halogens is 2. The molecule has 4 heteroatoms. The summed E-state index contributed by atoms with van der Waals surface area (Å²) < 4.78 is 0. The van der Waals surface area contributed by atoms with E-state index in [2.05, 4.69) is 24.0 Å². The molecule has 1 atom stereocenters. The van der Waals surface area contributed by atoms with Crippen molar-refractivity contribution in [3.63, 3.8) is 0 Å². The van der Waals surface area contributed by atoms with Gasteiger partial charge in [0.05, 0.1) is 5.52 Å². The molecule has 3 rings (SSSR count). The van der Waals surface area contributed by atoms with Gasteiger partial charge in [-0.25, -0.2) is 0 Å². The first-order chi connectivity index (χ1) is 8.16. The summed E-state index contributed by atoms with van der Waals surface area (Å²) in [6.45, 7) is 2.06. The average Bonchev–Trinajstić information content (AvgIpc) is 2.75.